The van der Waals surface area contributed by atoms with Crippen molar-refractivity contribution < 1.29 is 4.39 Å². The Balaban J connectivity index is 2.30. The molecule has 2 atom stereocenters. The van der Waals surface area contributed by atoms with Crippen LogP contribution in [0.25, 0.3) is 0 Å². The molecule has 112 valence electrons. The van der Waals surface area contributed by atoms with Crippen LogP contribution >= 0.6 is 11.6 Å². The Morgan fingerprint density at radius 3 is 2.70 bits per heavy atom. The summed E-state index contributed by atoms with van der Waals surface area (Å²) >= 11 is 5.89. The standard InChI is InChI=1S/C17H25ClFN/c1-16(2,3)14-9-4-5-10-17(14,20)11-12-7-6-8-13(18)15(12)19/h6-8,14H,4-5,9-11,20H2,1-3H3. The van der Waals surface area contributed by atoms with Crippen molar-refractivity contribution in [1.82, 2.24) is 0 Å². The normalized spacial score (nSPS) is 27.6. The van der Waals surface area contributed by atoms with Crippen LogP contribution in [-0.4, -0.2) is 5.54 Å². The third-order valence-electron chi connectivity index (χ3n) is 4.68. The minimum atomic E-state index is -0.331. The van der Waals surface area contributed by atoms with Crippen LogP contribution in [0, 0.1) is 17.2 Å². The highest BCUT2D eigenvalue weighted by molar-refractivity contribution is 6.30. The molecule has 0 amide bonds. The van der Waals surface area contributed by atoms with Crippen LogP contribution in [0.2, 0.25) is 5.02 Å². The lowest BCUT2D eigenvalue weighted by Crippen LogP contribution is -2.55. The van der Waals surface area contributed by atoms with Crippen LogP contribution in [0.4, 0.5) is 4.39 Å². The lowest BCUT2D eigenvalue weighted by atomic mass is 9.61. The van der Waals surface area contributed by atoms with Gasteiger partial charge in [0.1, 0.15) is 5.82 Å². The van der Waals surface area contributed by atoms with E-state index >= 15 is 0 Å². The molecule has 1 aliphatic carbocycles. The number of rotatable bonds is 2. The van der Waals surface area contributed by atoms with Crippen molar-refractivity contribution >= 4 is 11.6 Å². The molecule has 1 aromatic carbocycles. The molecule has 1 aliphatic rings. The Kier molecular flexibility index (Phi) is 4.46. The van der Waals surface area contributed by atoms with E-state index in [9.17, 15) is 4.39 Å². The first-order valence-electron chi connectivity index (χ1n) is 7.46. The SMILES string of the molecule is CC(C)(C)C1CCCCC1(N)Cc1cccc(Cl)c1F. The van der Waals surface area contributed by atoms with Crippen molar-refractivity contribution in [3.63, 3.8) is 0 Å². The second kappa shape index (κ2) is 5.65. The maximum absolute atomic E-state index is 14.2. The number of halogens is 2. The summed E-state index contributed by atoms with van der Waals surface area (Å²) in [6.45, 7) is 6.71. The summed E-state index contributed by atoms with van der Waals surface area (Å²) in [6, 6.07) is 5.20. The molecule has 0 aromatic heterocycles. The number of hydrogen-bond donors (Lipinski definition) is 1. The van der Waals surface area contributed by atoms with Gasteiger partial charge in [0.25, 0.3) is 0 Å². The fourth-order valence-electron chi connectivity index (χ4n) is 3.81. The van der Waals surface area contributed by atoms with Gasteiger partial charge in [0.15, 0.2) is 0 Å². The molecule has 1 nitrogen and oxygen atoms in total. The molecule has 20 heavy (non-hydrogen) atoms. The highest BCUT2D eigenvalue weighted by Crippen LogP contribution is 2.44. The average molecular weight is 298 g/mol. The Morgan fingerprint density at radius 2 is 2.05 bits per heavy atom. The average Bonchev–Trinajstić information content (AvgIpc) is 2.34. The molecule has 0 bridgehead atoms. The smallest absolute Gasteiger partial charge is 0.145 e. The maximum atomic E-state index is 14.2. The quantitative estimate of drug-likeness (QED) is 0.820. The van der Waals surface area contributed by atoms with Gasteiger partial charge in [0.2, 0.25) is 0 Å². The van der Waals surface area contributed by atoms with Gasteiger partial charge in [0, 0.05) is 5.54 Å². The lowest BCUT2D eigenvalue weighted by Gasteiger charge is -2.48. The Bertz CT molecular complexity index is 480. The molecule has 1 fully saturated rings. The first-order chi connectivity index (χ1) is 9.24. The van der Waals surface area contributed by atoms with E-state index in [4.69, 9.17) is 17.3 Å². The summed E-state index contributed by atoms with van der Waals surface area (Å²) in [6.07, 6.45) is 5.01. The van der Waals surface area contributed by atoms with Gasteiger partial charge in [-0.1, -0.05) is 57.3 Å². The van der Waals surface area contributed by atoms with Crippen LogP contribution in [0.3, 0.4) is 0 Å². The molecule has 0 saturated heterocycles. The van der Waals surface area contributed by atoms with Crippen molar-refractivity contribution in [2.24, 2.45) is 17.1 Å². The van der Waals surface area contributed by atoms with E-state index in [0.717, 1.165) is 19.3 Å². The van der Waals surface area contributed by atoms with E-state index in [1.165, 1.54) is 6.42 Å². The summed E-state index contributed by atoms with van der Waals surface area (Å²) in [5.74, 6) is 0.0966. The van der Waals surface area contributed by atoms with Crippen molar-refractivity contribution in [2.45, 2.75) is 58.4 Å². The third kappa shape index (κ3) is 3.17. The molecule has 2 rings (SSSR count). The van der Waals surface area contributed by atoms with Crippen molar-refractivity contribution in [3.05, 3.63) is 34.6 Å². The van der Waals surface area contributed by atoms with E-state index in [-0.39, 0.29) is 21.8 Å². The predicted octanol–water partition coefficient (Wildman–Crippen LogP) is 4.96. The van der Waals surface area contributed by atoms with Gasteiger partial charge in [-0.25, -0.2) is 4.39 Å². The van der Waals surface area contributed by atoms with Crippen LogP contribution in [0.5, 0.6) is 0 Å². The molecule has 0 radical (unpaired) electrons. The Labute approximate surface area is 126 Å². The van der Waals surface area contributed by atoms with E-state index in [0.29, 0.717) is 17.9 Å². The molecule has 2 unspecified atom stereocenters. The lowest BCUT2D eigenvalue weighted by molar-refractivity contribution is 0.0787. The van der Waals surface area contributed by atoms with E-state index < -0.39 is 0 Å². The molecule has 0 heterocycles. The summed E-state index contributed by atoms with van der Waals surface area (Å²) in [5, 5.41) is 0.189. The summed E-state index contributed by atoms with van der Waals surface area (Å²) in [4.78, 5) is 0. The van der Waals surface area contributed by atoms with Gasteiger partial charge >= 0.3 is 0 Å². The van der Waals surface area contributed by atoms with Crippen LogP contribution in [0.1, 0.15) is 52.0 Å². The molecule has 0 aliphatic heterocycles. The number of benzene rings is 1. The molecule has 0 spiro atoms. The van der Waals surface area contributed by atoms with E-state index in [2.05, 4.69) is 20.8 Å². The molecule has 3 heteroatoms. The highest BCUT2D eigenvalue weighted by atomic mass is 35.5. The summed E-state index contributed by atoms with van der Waals surface area (Å²) < 4.78 is 14.2. The van der Waals surface area contributed by atoms with Crippen molar-refractivity contribution in [3.8, 4) is 0 Å². The van der Waals surface area contributed by atoms with Gasteiger partial charge in [0.05, 0.1) is 5.02 Å². The molecular weight excluding hydrogens is 273 g/mol. The number of nitrogens with two attached hydrogens (primary N) is 1. The predicted molar refractivity (Wildman–Crippen MR) is 83.4 cm³/mol. The van der Waals surface area contributed by atoms with E-state index in [1.807, 2.05) is 6.07 Å². The van der Waals surface area contributed by atoms with Gasteiger partial charge in [-0.2, -0.15) is 0 Å². The highest BCUT2D eigenvalue weighted by Gasteiger charge is 2.43. The van der Waals surface area contributed by atoms with Gasteiger partial charge < -0.3 is 5.73 Å². The van der Waals surface area contributed by atoms with Gasteiger partial charge in [-0.3, -0.25) is 0 Å². The Morgan fingerprint density at radius 1 is 1.35 bits per heavy atom. The van der Waals surface area contributed by atoms with Crippen molar-refractivity contribution in [2.75, 3.05) is 0 Å². The second-order valence-corrected chi connectivity index (χ2v) is 7.69. The molecule has 1 aromatic rings. The first-order valence-corrected chi connectivity index (χ1v) is 7.83. The monoisotopic (exact) mass is 297 g/mol. The van der Waals surface area contributed by atoms with E-state index in [1.54, 1.807) is 12.1 Å². The molecular formula is C17H25ClFN. The zero-order valence-corrected chi connectivity index (χ0v) is 13.4. The minimum absolute atomic E-state index is 0.143. The largest absolute Gasteiger partial charge is 0.325 e. The van der Waals surface area contributed by atoms with Crippen LogP contribution in [0.15, 0.2) is 18.2 Å². The maximum Gasteiger partial charge on any atom is 0.145 e. The zero-order valence-electron chi connectivity index (χ0n) is 12.7. The topological polar surface area (TPSA) is 26.0 Å². The fourth-order valence-corrected chi connectivity index (χ4v) is 4.00. The molecule has 2 N–H and O–H groups in total. The minimum Gasteiger partial charge on any atom is -0.325 e. The first kappa shape index (κ1) is 15.8. The van der Waals surface area contributed by atoms with Crippen LogP contribution in [-0.2, 0) is 6.42 Å². The van der Waals surface area contributed by atoms with Gasteiger partial charge in [-0.15, -0.1) is 0 Å². The third-order valence-corrected chi connectivity index (χ3v) is 4.97. The fraction of sp³-hybridized carbons (Fsp3) is 0.647. The molecule has 1 saturated carbocycles. The van der Waals surface area contributed by atoms with Crippen LogP contribution < -0.4 is 5.73 Å². The van der Waals surface area contributed by atoms with Crippen molar-refractivity contribution in [1.29, 1.82) is 0 Å². The Hall–Kier alpha value is -0.600. The second-order valence-electron chi connectivity index (χ2n) is 7.29. The summed E-state index contributed by atoms with van der Waals surface area (Å²) in [7, 11) is 0. The van der Waals surface area contributed by atoms with Gasteiger partial charge in [-0.05, 0) is 42.2 Å². The number of hydrogen-bond acceptors (Lipinski definition) is 1. The summed E-state index contributed by atoms with van der Waals surface area (Å²) in [5.41, 5.74) is 7.19. The zero-order chi connectivity index (χ0) is 15.0.